The van der Waals surface area contributed by atoms with Crippen molar-refractivity contribution < 1.29 is 13.9 Å². The Morgan fingerprint density at radius 2 is 1.87 bits per heavy atom. The summed E-state index contributed by atoms with van der Waals surface area (Å²) >= 11 is 0. The number of likely N-dealkylation sites (tertiary alicyclic amines) is 1. The Morgan fingerprint density at radius 3 is 2.60 bits per heavy atom. The molecule has 30 heavy (non-hydrogen) atoms. The minimum atomic E-state index is -0.282. The van der Waals surface area contributed by atoms with E-state index in [9.17, 15) is 9.18 Å². The van der Waals surface area contributed by atoms with Crippen molar-refractivity contribution in [2.45, 2.75) is 19.0 Å². The van der Waals surface area contributed by atoms with Gasteiger partial charge >= 0.3 is 0 Å². The molecule has 4 nitrogen and oxygen atoms in total. The van der Waals surface area contributed by atoms with Crippen LogP contribution in [0.3, 0.4) is 0 Å². The van der Waals surface area contributed by atoms with Gasteiger partial charge in [0.2, 0.25) is 0 Å². The molecule has 1 aliphatic rings. The number of ether oxygens (including phenoxy) is 1. The van der Waals surface area contributed by atoms with Gasteiger partial charge in [0.25, 0.3) is 5.91 Å². The summed E-state index contributed by atoms with van der Waals surface area (Å²) in [6, 6.07) is 22.1. The van der Waals surface area contributed by atoms with E-state index in [1.54, 1.807) is 13.2 Å². The van der Waals surface area contributed by atoms with Crippen molar-refractivity contribution in [2.24, 2.45) is 0 Å². The molecule has 1 heterocycles. The summed E-state index contributed by atoms with van der Waals surface area (Å²) in [7, 11) is 1.59. The maximum Gasteiger partial charge on any atom is 0.251 e. The number of amides is 1. The van der Waals surface area contributed by atoms with Crippen molar-refractivity contribution in [1.82, 2.24) is 10.2 Å². The number of hydrogen-bond donors (Lipinski definition) is 1. The van der Waals surface area contributed by atoms with E-state index in [1.807, 2.05) is 42.5 Å². The molecule has 0 aromatic heterocycles. The molecule has 4 rings (SSSR count). The minimum Gasteiger partial charge on any atom is -0.496 e. The van der Waals surface area contributed by atoms with Gasteiger partial charge in [-0.25, -0.2) is 4.39 Å². The molecule has 1 N–H and O–H groups in total. The van der Waals surface area contributed by atoms with E-state index in [0.717, 1.165) is 37.2 Å². The van der Waals surface area contributed by atoms with Gasteiger partial charge < -0.3 is 10.1 Å². The summed E-state index contributed by atoms with van der Waals surface area (Å²) in [5.41, 5.74) is 3.54. The van der Waals surface area contributed by atoms with Crippen LogP contribution in [-0.4, -0.2) is 37.0 Å². The van der Waals surface area contributed by atoms with Crippen LogP contribution in [0.2, 0.25) is 0 Å². The van der Waals surface area contributed by atoms with E-state index in [0.29, 0.717) is 11.3 Å². The number of nitrogens with zero attached hydrogens (tertiary/aromatic N) is 1. The first kappa shape index (κ1) is 20.1. The Balaban J connectivity index is 1.35. The lowest BCUT2D eigenvalue weighted by Gasteiger charge is -2.17. The third-order valence-corrected chi connectivity index (χ3v) is 5.48. The van der Waals surface area contributed by atoms with Crippen LogP contribution in [0.4, 0.5) is 4.39 Å². The van der Waals surface area contributed by atoms with Crippen LogP contribution < -0.4 is 10.1 Å². The Hall–Kier alpha value is -3.18. The largest absolute Gasteiger partial charge is 0.496 e. The summed E-state index contributed by atoms with van der Waals surface area (Å²) in [5, 5.41) is 3.13. The predicted octanol–water partition coefficient (Wildman–Crippen LogP) is 4.51. The molecular formula is C25H25FN2O2. The highest BCUT2D eigenvalue weighted by Gasteiger charge is 2.24. The van der Waals surface area contributed by atoms with Gasteiger partial charge in [-0.2, -0.15) is 0 Å². The van der Waals surface area contributed by atoms with Gasteiger partial charge in [0.05, 0.1) is 7.11 Å². The number of methoxy groups -OCH3 is 1. The second-order valence-corrected chi connectivity index (χ2v) is 7.60. The molecule has 1 amide bonds. The second kappa shape index (κ2) is 9.09. The van der Waals surface area contributed by atoms with Gasteiger partial charge in [0, 0.05) is 36.8 Å². The molecule has 3 aromatic rings. The fourth-order valence-electron chi connectivity index (χ4n) is 3.91. The summed E-state index contributed by atoms with van der Waals surface area (Å²) < 4.78 is 19.0. The fraction of sp³-hybridized carbons (Fsp3) is 0.240. The molecule has 5 heteroatoms. The number of nitrogens with one attached hydrogen (secondary N) is 1. The van der Waals surface area contributed by atoms with E-state index in [1.165, 1.54) is 17.7 Å². The first-order valence-corrected chi connectivity index (χ1v) is 10.1. The number of carbonyl (C=O) groups excluding carboxylic acids is 1. The van der Waals surface area contributed by atoms with Crippen molar-refractivity contribution >= 4 is 5.91 Å². The molecule has 0 aliphatic carbocycles. The van der Waals surface area contributed by atoms with Crippen LogP contribution in [0.1, 0.15) is 22.3 Å². The highest BCUT2D eigenvalue weighted by Crippen LogP contribution is 2.31. The molecule has 1 unspecified atom stereocenters. The van der Waals surface area contributed by atoms with Crippen molar-refractivity contribution in [2.75, 3.05) is 20.2 Å². The third-order valence-electron chi connectivity index (χ3n) is 5.48. The number of benzene rings is 3. The number of halogens is 1. The Morgan fingerprint density at radius 1 is 1.10 bits per heavy atom. The molecular weight excluding hydrogens is 379 g/mol. The molecule has 0 radical (unpaired) electrons. The smallest absolute Gasteiger partial charge is 0.251 e. The topological polar surface area (TPSA) is 41.6 Å². The minimum absolute atomic E-state index is 0.0177. The fourth-order valence-corrected chi connectivity index (χ4v) is 3.91. The van der Waals surface area contributed by atoms with Crippen molar-refractivity contribution in [3.05, 3.63) is 89.7 Å². The number of rotatable bonds is 6. The quantitative estimate of drug-likeness (QED) is 0.658. The second-order valence-electron chi connectivity index (χ2n) is 7.60. The zero-order valence-corrected chi connectivity index (χ0v) is 17.0. The van der Waals surface area contributed by atoms with E-state index >= 15 is 0 Å². The molecule has 3 aromatic carbocycles. The first-order chi connectivity index (χ1) is 14.6. The highest BCUT2D eigenvalue weighted by molar-refractivity contribution is 5.94. The lowest BCUT2D eigenvalue weighted by molar-refractivity contribution is 0.0937. The van der Waals surface area contributed by atoms with E-state index in [4.69, 9.17) is 4.74 Å². The maximum absolute atomic E-state index is 13.7. The Kier molecular flexibility index (Phi) is 6.10. The Bertz CT molecular complexity index is 1010. The van der Waals surface area contributed by atoms with Crippen LogP contribution >= 0.6 is 0 Å². The summed E-state index contributed by atoms with van der Waals surface area (Å²) in [6.07, 6.45) is 0.942. The number of hydrogen-bond acceptors (Lipinski definition) is 3. The summed E-state index contributed by atoms with van der Waals surface area (Å²) in [4.78, 5) is 14.7. The maximum atomic E-state index is 13.7. The average molecular weight is 404 g/mol. The van der Waals surface area contributed by atoms with Crippen molar-refractivity contribution in [3.63, 3.8) is 0 Å². The summed E-state index contributed by atoms with van der Waals surface area (Å²) in [6.45, 7) is 2.59. The normalized spacial score (nSPS) is 16.4. The van der Waals surface area contributed by atoms with E-state index in [-0.39, 0.29) is 17.8 Å². The van der Waals surface area contributed by atoms with Crippen molar-refractivity contribution in [3.8, 4) is 16.9 Å². The SMILES string of the molecule is COc1ccc(F)cc1-c1ccc(CN2CCC(NC(=O)c3ccccc3)C2)cc1. The molecule has 1 saturated heterocycles. The lowest BCUT2D eigenvalue weighted by Crippen LogP contribution is -2.36. The Labute approximate surface area is 176 Å². The van der Waals surface area contributed by atoms with Gasteiger partial charge in [0.1, 0.15) is 11.6 Å². The van der Waals surface area contributed by atoms with Gasteiger partial charge in [-0.15, -0.1) is 0 Å². The monoisotopic (exact) mass is 404 g/mol. The molecule has 0 spiro atoms. The third kappa shape index (κ3) is 4.69. The summed E-state index contributed by atoms with van der Waals surface area (Å²) in [5.74, 6) is 0.354. The van der Waals surface area contributed by atoms with Crippen LogP contribution in [-0.2, 0) is 6.54 Å². The highest BCUT2D eigenvalue weighted by atomic mass is 19.1. The molecule has 1 fully saturated rings. The zero-order valence-electron chi connectivity index (χ0n) is 17.0. The van der Waals surface area contributed by atoms with Gasteiger partial charge in [-0.3, -0.25) is 9.69 Å². The lowest BCUT2D eigenvalue weighted by atomic mass is 10.0. The van der Waals surface area contributed by atoms with E-state index in [2.05, 4.69) is 22.3 Å². The van der Waals surface area contributed by atoms with Crippen LogP contribution in [0, 0.1) is 5.82 Å². The van der Waals surface area contributed by atoms with Gasteiger partial charge in [-0.05, 0) is 47.9 Å². The molecule has 1 aliphatic heterocycles. The van der Waals surface area contributed by atoms with Gasteiger partial charge in [-0.1, -0.05) is 42.5 Å². The predicted molar refractivity (Wildman–Crippen MR) is 116 cm³/mol. The molecule has 0 bridgehead atoms. The molecule has 154 valence electrons. The molecule has 0 saturated carbocycles. The average Bonchev–Trinajstić information content (AvgIpc) is 3.21. The van der Waals surface area contributed by atoms with Crippen LogP contribution in [0.15, 0.2) is 72.8 Å². The first-order valence-electron chi connectivity index (χ1n) is 10.1. The zero-order chi connectivity index (χ0) is 20.9. The van der Waals surface area contributed by atoms with Crippen molar-refractivity contribution in [1.29, 1.82) is 0 Å². The van der Waals surface area contributed by atoms with Crippen LogP contribution in [0.25, 0.3) is 11.1 Å². The number of carbonyl (C=O) groups is 1. The van der Waals surface area contributed by atoms with Gasteiger partial charge in [0.15, 0.2) is 0 Å². The standard InChI is InChI=1S/C25H25FN2O2/c1-30-24-12-11-21(26)15-23(24)19-9-7-18(8-10-19)16-28-14-13-22(17-28)27-25(29)20-5-3-2-4-6-20/h2-12,15,22H,13-14,16-17H2,1H3,(H,27,29). The van der Waals surface area contributed by atoms with E-state index < -0.39 is 0 Å². The molecule has 1 atom stereocenters. The van der Waals surface area contributed by atoms with Crippen LogP contribution in [0.5, 0.6) is 5.75 Å².